The Kier molecular flexibility index (Phi) is 4.88. The maximum atomic E-state index is 13.6. The van der Waals surface area contributed by atoms with Gasteiger partial charge >= 0.3 is 6.18 Å². The predicted molar refractivity (Wildman–Crippen MR) is 73.4 cm³/mol. The molecule has 1 aliphatic heterocycles. The molecule has 0 saturated carbocycles. The minimum Gasteiger partial charge on any atom is -0.319 e. The highest BCUT2D eigenvalue weighted by Crippen LogP contribution is 2.39. The molecular formula is C15H20F4N2. The number of nitrogens with zero attached hydrogens (tertiary/aromatic N) is 1. The number of rotatable bonds is 4. The summed E-state index contributed by atoms with van der Waals surface area (Å²) >= 11 is 0. The number of alkyl halides is 3. The summed E-state index contributed by atoms with van der Waals surface area (Å²) in [5.41, 5.74) is -0.495. The molecule has 118 valence electrons. The van der Waals surface area contributed by atoms with Crippen LogP contribution < -0.4 is 5.32 Å². The van der Waals surface area contributed by atoms with Crippen molar-refractivity contribution < 1.29 is 17.6 Å². The van der Waals surface area contributed by atoms with Gasteiger partial charge in [0.2, 0.25) is 0 Å². The van der Waals surface area contributed by atoms with E-state index >= 15 is 0 Å². The molecule has 2 rings (SSSR count). The Morgan fingerprint density at radius 3 is 2.57 bits per heavy atom. The van der Waals surface area contributed by atoms with E-state index < -0.39 is 17.6 Å². The molecule has 1 N–H and O–H groups in total. The first kappa shape index (κ1) is 16.2. The van der Waals surface area contributed by atoms with Gasteiger partial charge in [-0.3, -0.25) is 4.90 Å². The van der Waals surface area contributed by atoms with Crippen LogP contribution in [0.2, 0.25) is 0 Å². The zero-order valence-electron chi connectivity index (χ0n) is 12.2. The third kappa shape index (κ3) is 3.55. The molecule has 0 spiro atoms. The van der Waals surface area contributed by atoms with Gasteiger partial charge in [0.25, 0.3) is 0 Å². The van der Waals surface area contributed by atoms with Gasteiger partial charge in [0.1, 0.15) is 5.82 Å². The van der Waals surface area contributed by atoms with E-state index in [2.05, 4.69) is 10.2 Å². The standard InChI is InChI=1S/C15H20F4N2/c1-3-21-5-4-10(9-20-2)14(21)11-6-12(15(17,18)19)8-13(16)7-11/h6-8,10,14,20H,3-5,9H2,1-2H3. The lowest BCUT2D eigenvalue weighted by atomic mass is 9.92. The second-order valence-electron chi connectivity index (χ2n) is 5.45. The first-order valence-corrected chi connectivity index (χ1v) is 7.13. The minimum absolute atomic E-state index is 0.167. The van der Waals surface area contributed by atoms with Crippen LogP contribution in [0.15, 0.2) is 18.2 Å². The molecule has 0 aliphatic carbocycles. The van der Waals surface area contributed by atoms with Crippen LogP contribution >= 0.6 is 0 Å². The van der Waals surface area contributed by atoms with Crippen LogP contribution in [0, 0.1) is 11.7 Å². The number of halogens is 4. The quantitative estimate of drug-likeness (QED) is 0.857. The van der Waals surface area contributed by atoms with Crippen molar-refractivity contribution in [3.63, 3.8) is 0 Å². The molecule has 21 heavy (non-hydrogen) atoms. The number of hydrogen-bond donors (Lipinski definition) is 1. The average Bonchev–Trinajstić information content (AvgIpc) is 2.80. The van der Waals surface area contributed by atoms with Crippen LogP contribution in [-0.2, 0) is 6.18 Å². The van der Waals surface area contributed by atoms with Crippen molar-refractivity contribution in [1.29, 1.82) is 0 Å². The van der Waals surface area contributed by atoms with Gasteiger partial charge in [-0.1, -0.05) is 6.92 Å². The number of benzene rings is 1. The maximum Gasteiger partial charge on any atom is 0.416 e. The first-order valence-electron chi connectivity index (χ1n) is 7.13. The summed E-state index contributed by atoms with van der Waals surface area (Å²) in [6.07, 6.45) is -3.62. The fourth-order valence-corrected chi connectivity index (χ4v) is 3.19. The zero-order chi connectivity index (χ0) is 15.6. The van der Waals surface area contributed by atoms with Gasteiger partial charge in [0.15, 0.2) is 0 Å². The van der Waals surface area contributed by atoms with E-state index in [-0.39, 0.29) is 12.0 Å². The van der Waals surface area contributed by atoms with Crippen molar-refractivity contribution in [1.82, 2.24) is 10.2 Å². The van der Waals surface area contributed by atoms with E-state index in [4.69, 9.17) is 0 Å². The lowest BCUT2D eigenvalue weighted by molar-refractivity contribution is -0.137. The maximum absolute atomic E-state index is 13.6. The normalized spacial score (nSPS) is 23.7. The second-order valence-corrected chi connectivity index (χ2v) is 5.45. The number of hydrogen-bond acceptors (Lipinski definition) is 2. The van der Waals surface area contributed by atoms with Crippen molar-refractivity contribution in [3.05, 3.63) is 35.1 Å². The van der Waals surface area contributed by atoms with E-state index in [0.29, 0.717) is 18.2 Å². The van der Waals surface area contributed by atoms with E-state index in [1.807, 2.05) is 14.0 Å². The number of nitrogens with one attached hydrogen (secondary N) is 1. The van der Waals surface area contributed by atoms with Crippen LogP contribution in [0.1, 0.15) is 30.5 Å². The first-order chi connectivity index (χ1) is 9.86. The highest BCUT2D eigenvalue weighted by atomic mass is 19.4. The Morgan fingerprint density at radius 1 is 1.29 bits per heavy atom. The van der Waals surface area contributed by atoms with Gasteiger partial charge in [-0.15, -0.1) is 0 Å². The van der Waals surface area contributed by atoms with Crippen LogP contribution in [-0.4, -0.2) is 31.6 Å². The molecular weight excluding hydrogens is 284 g/mol. The summed E-state index contributed by atoms with van der Waals surface area (Å²) in [4.78, 5) is 2.11. The van der Waals surface area contributed by atoms with Crippen molar-refractivity contribution in [2.24, 2.45) is 5.92 Å². The molecule has 6 heteroatoms. The van der Waals surface area contributed by atoms with E-state index in [1.165, 1.54) is 6.07 Å². The lowest BCUT2D eigenvalue weighted by Gasteiger charge is -2.28. The monoisotopic (exact) mass is 304 g/mol. The van der Waals surface area contributed by atoms with Gasteiger partial charge in [-0.25, -0.2) is 4.39 Å². The van der Waals surface area contributed by atoms with Crippen molar-refractivity contribution in [3.8, 4) is 0 Å². The lowest BCUT2D eigenvalue weighted by Crippen LogP contribution is -2.29. The molecule has 0 bridgehead atoms. The summed E-state index contributed by atoms with van der Waals surface area (Å²) in [6, 6.07) is 2.71. The van der Waals surface area contributed by atoms with Gasteiger partial charge in [0, 0.05) is 6.04 Å². The molecule has 0 aromatic heterocycles. The summed E-state index contributed by atoms with van der Waals surface area (Å²) in [7, 11) is 1.82. The van der Waals surface area contributed by atoms with E-state index in [0.717, 1.165) is 25.6 Å². The molecule has 1 aromatic rings. The van der Waals surface area contributed by atoms with Crippen LogP contribution in [0.5, 0.6) is 0 Å². The minimum atomic E-state index is -4.52. The zero-order valence-corrected chi connectivity index (χ0v) is 12.2. The van der Waals surface area contributed by atoms with Gasteiger partial charge < -0.3 is 5.32 Å². The molecule has 0 amide bonds. The van der Waals surface area contributed by atoms with Gasteiger partial charge in [0.05, 0.1) is 5.56 Å². The van der Waals surface area contributed by atoms with Crippen molar-refractivity contribution in [2.45, 2.75) is 25.6 Å². The Bertz CT molecular complexity index is 487. The molecule has 1 saturated heterocycles. The molecule has 2 atom stereocenters. The molecule has 2 nitrogen and oxygen atoms in total. The van der Waals surface area contributed by atoms with E-state index in [9.17, 15) is 17.6 Å². The third-order valence-electron chi connectivity index (χ3n) is 4.09. The second kappa shape index (κ2) is 6.32. The topological polar surface area (TPSA) is 15.3 Å². The fraction of sp³-hybridized carbons (Fsp3) is 0.600. The van der Waals surface area contributed by atoms with Crippen molar-refractivity contribution in [2.75, 3.05) is 26.7 Å². The summed E-state index contributed by atoms with van der Waals surface area (Å²) in [5, 5.41) is 3.07. The average molecular weight is 304 g/mol. The van der Waals surface area contributed by atoms with Crippen LogP contribution in [0.25, 0.3) is 0 Å². The smallest absolute Gasteiger partial charge is 0.319 e. The Balaban J connectivity index is 2.40. The van der Waals surface area contributed by atoms with Crippen LogP contribution in [0.4, 0.5) is 17.6 Å². The molecule has 1 aromatic carbocycles. The van der Waals surface area contributed by atoms with Crippen molar-refractivity contribution >= 4 is 0 Å². The summed E-state index contributed by atoms with van der Waals surface area (Å²) < 4.78 is 52.2. The Labute approximate surface area is 122 Å². The van der Waals surface area contributed by atoms with Crippen LogP contribution in [0.3, 0.4) is 0 Å². The molecule has 2 unspecified atom stereocenters. The fourth-order valence-electron chi connectivity index (χ4n) is 3.19. The number of likely N-dealkylation sites (tertiary alicyclic amines) is 1. The summed E-state index contributed by atoms with van der Waals surface area (Å²) in [6.45, 7) is 4.24. The Morgan fingerprint density at radius 2 is 2.00 bits per heavy atom. The SMILES string of the molecule is CCN1CCC(CNC)C1c1cc(F)cc(C(F)(F)F)c1. The van der Waals surface area contributed by atoms with Gasteiger partial charge in [-0.2, -0.15) is 13.2 Å². The molecule has 1 aliphatic rings. The van der Waals surface area contributed by atoms with E-state index in [1.54, 1.807) is 0 Å². The summed E-state index contributed by atoms with van der Waals surface area (Å²) in [5.74, 6) is -0.635. The molecule has 1 heterocycles. The molecule has 1 fully saturated rings. The predicted octanol–water partition coefficient (Wildman–Crippen LogP) is 3.45. The third-order valence-corrected chi connectivity index (χ3v) is 4.09. The van der Waals surface area contributed by atoms with Gasteiger partial charge in [-0.05, 0) is 62.8 Å². The molecule has 0 radical (unpaired) electrons. The Hall–Kier alpha value is -1.14. The highest BCUT2D eigenvalue weighted by molar-refractivity contribution is 5.30. The largest absolute Gasteiger partial charge is 0.416 e. The highest BCUT2D eigenvalue weighted by Gasteiger charge is 2.37.